The average molecular weight is 405 g/mol. The summed E-state index contributed by atoms with van der Waals surface area (Å²) < 4.78 is 0. The molecule has 2 aromatic carbocycles. The second kappa shape index (κ2) is 9.41. The van der Waals surface area contributed by atoms with Crippen LogP contribution in [0.3, 0.4) is 0 Å². The van der Waals surface area contributed by atoms with Crippen molar-refractivity contribution in [3.63, 3.8) is 0 Å². The Hall–Kier alpha value is -3.30. The number of non-ortho nitro benzene ring substituents is 1. The fraction of sp³-hybridized carbons (Fsp3) is 0. The third-order valence-electron chi connectivity index (χ3n) is 3.14. The maximum absolute atomic E-state index is 12.0. The smallest absolute Gasteiger partial charge is 0.270 e. The minimum atomic E-state index is -0.646. The molecule has 0 heterocycles. The van der Waals surface area contributed by atoms with E-state index in [1.807, 2.05) is 0 Å². The van der Waals surface area contributed by atoms with Gasteiger partial charge in [-0.15, -0.1) is 0 Å². The van der Waals surface area contributed by atoms with Crippen LogP contribution in [-0.2, 0) is 4.79 Å². The number of nitro groups is 1. The minimum absolute atomic E-state index is 0.0634. The molecule has 2 aromatic rings. The molecule has 0 aliphatic heterocycles. The maximum Gasteiger partial charge on any atom is 0.270 e. The topological polar surface area (TPSA) is 113 Å². The molecule has 0 aliphatic rings. The van der Waals surface area contributed by atoms with Crippen molar-refractivity contribution < 1.29 is 14.5 Å². The van der Waals surface area contributed by atoms with Gasteiger partial charge in [-0.3, -0.25) is 35.9 Å². The van der Waals surface area contributed by atoms with Crippen LogP contribution in [0.2, 0.25) is 5.02 Å². The number of amides is 2. The third kappa shape index (κ3) is 6.49. The standard InChI is InChI=1S/C17H13ClN4O4S/c18-13-7-4-11(5-8-13)6-9-15(23)19-17(27)21-20-16(24)12-2-1-3-14(10-12)22(25)26/h1-10H,(H,20,24)(H2,19,21,23,27)/b9-6+. The van der Waals surface area contributed by atoms with E-state index < -0.39 is 16.7 Å². The number of rotatable bonds is 4. The molecule has 0 saturated heterocycles. The third-order valence-corrected chi connectivity index (χ3v) is 3.60. The van der Waals surface area contributed by atoms with Crippen molar-refractivity contribution in [3.05, 3.63) is 80.9 Å². The van der Waals surface area contributed by atoms with E-state index in [-0.39, 0.29) is 16.4 Å². The van der Waals surface area contributed by atoms with E-state index in [1.54, 1.807) is 30.3 Å². The molecule has 0 aliphatic carbocycles. The van der Waals surface area contributed by atoms with Gasteiger partial charge in [0.2, 0.25) is 5.91 Å². The van der Waals surface area contributed by atoms with Crippen LogP contribution in [0.25, 0.3) is 6.08 Å². The molecule has 0 bridgehead atoms. The molecule has 0 unspecified atom stereocenters. The van der Waals surface area contributed by atoms with Crippen LogP contribution in [0.5, 0.6) is 0 Å². The zero-order valence-electron chi connectivity index (χ0n) is 13.6. The first-order valence-electron chi connectivity index (χ1n) is 7.44. The summed E-state index contributed by atoms with van der Waals surface area (Å²) in [5.41, 5.74) is 5.21. The molecule has 2 amide bonds. The number of benzene rings is 2. The van der Waals surface area contributed by atoms with Crippen molar-refractivity contribution in [2.45, 2.75) is 0 Å². The van der Waals surface area contributed by atoms with Gasteiger partial charge in [-0.1, -0.05) is 29.8 Å². The largest absolute Gasteiger partial charge is 0.298 e. The Balaban J connectivity index is 1.83. The van der Waals surface area contributed by atoms with Gasteiger partial charge in [0.1, 0.15) is 0 Å². The van der Waals surface area contributed by atoms with E-state index in [1.165, 1.54) is 24.3 Å². The fourth-order valence-corrected chi connectivity index (χ4v) is 2.15. The number of thiocarbonyl (C=S) groups is 1. The Morgan fingerprint density at radius 2 is 1.81 bits per heavy atom. The highest BCUT2D eigenvalue weighted by molar-refractivity contribution is 7.80. The van der Waals surface area contributed by atoms with Gasteiger partial charge in [0.05, 0.1) is 4.92 Å². The quantitative estimate of drug-likeness (QED) is 0.312. The number of nitrogens with zero attached hydrogens (tertiary/aromatic N) is 1. The van der Waals surface area contributed by atoms with Gasteiger partial charge in [-0.2, -0.15) is 0 Å². The fourth-order valence-electron chi connectivity index (χ4n) is 1.88. The number of hydrogen-bond donors (Lipinski definition) is 3. The van der Waals surface area contributed by atoms with E-state index in [0.29, 0.717) is 5.02 Å². The SMILES string of the molecule is O=C(/C=C/c1ccc(Cl)cc1)NC(=S)NNC(=O)c1cccc([N+](=O)[O-])c1. The summed E-state index contributed by atoms with van der Waals surface area (Å²) in [6.07, 6.45) is 2.83. The normalized spacial score (nSPS) is 10.3. The highest BCUT2D eigenvalue weighted by Crippen LogP contribution is 2.12. The van der Waals surface area contributed by atoms with Crippen LogP contribution in [0.1, 0.15) is 15.9 Å². The lowest BCUT2D eigenvalue weighted by Crippen LogP contribution is -2.48. The summed E-state index contributed by atoms with van der Waals surface area (Å²) in [6, 6.07) is 12.0. The van der Waals surface area contributed by atoms with Gasteiger partial charge in [0, 0.05) is 28.8 Å². The number of carbonyl (C=O) groups excluding carboxylic acids is 2. The number of nitrogens with one attached hydrogen (secondary N) is 3. The van der Waals surface area contributed by atoms with Crippen molar-refractivity contribution in [2.75, 3.05) is 0 Å². The lowest BCUT2D eigenvalue weighted by molar-refractivity contribution is -0.384. The first-order chi connectivity index (χ1) is 12.8. The van der Waals surface area contributed by atoms with Gasteiger partial charge >= 0.3 is 0 Å². The molecule has 0 atom stereocenters. The zero-order chi connectivity index (χ0) is 19.8. The molecular formula is C17H13ClN4O4S. The van der Waals surface area contributed by atoms with Crippen molar-refractivity contribution in [1.82, 2.24) is 16.2 Å². The van der Waals surface area contributed by atoms with Crippen molar-refractivity contribution in [3.8, 4) is 0 Å². The van der Waals surface area contributed by atoms with Gasteiger partial charge in [0.25, 0.3) is 11.6 Å². The molecule has 8 nitrogen and oxygen atoms in total. The second-order valence-corrected chi connectivity index (χ2v) is 5.93. The van der Waals surface area contributed by atoms with E-state index in [9.17, 15) is 19.7 Å². The van der Waals surface area contributed by atoms with E-state index in [2.05, 4.69) is 16.2 Å². The van der Waals surface area contributed by atoms with Gasteiger partial charge in [-0.05, 0) is 42.1 Å². The lowest BCUT2D eigenvalue weighted by atomic mass is 10.2. The van der Waals surface area contributed by atoms with E-state index >= 15 is 0 Å². The molecule has 10 heteroatoms. The number of hydrazine groups is 1. The maximum atomic E-state index is 12.0. The summed E-state index contributed by atoms with van der Waals surface area (Å²) >= 11 is 10.7. The monoisotopic (exact) mass is 404 g/mol. The Bertz CT molecular complexity index is 915. The zero-order valence-corrected chi connectivity index (χ0v) is 15.2. The molecule has 0 saturated carbocycles. The number of carbonyl (C=O) groups is 2. The Kier molecular flexibility index (Phi) is 6.98. The lowest BCUT2D eigenvalue weighted by Gasteiger charge is -2.09. The van der Waals surface area contributed by atoms with Gasteiger partial charge in [-0.25, -0.2) is 0 Å². The highest BCUT2D eigenvalue weighted by atomic mass is 35.5. The molecule has 0 spiro atoms. The molecule has 0 fully saturated rings. The van der Waals surface area contributed by atoms with Crippen molar-refractivity contribution in [1.29, 1.82) is 0 Å². The molecule has 0 radical (unpaired) electrons. The molecular weight excluding hydrogens is 392 g/mol. The second-order valence-electron chi connectivity index (χ2n) is 5.09. The Morgan fingerprint density at radius 3 is 2.48 bits per heavy atom. The van der Waals surface area contributed by atoms with Crippen LogP contribution < -0.4 is 16.2 Å². The van der Waals surface area contributed by atoms with Crippen LogP contribution in [0, 0.1) is 10.1 Å². The summed E-state index contributed by atoms with van der Waals surface area (Å²) in [4.78, 5) is 33.9. The van der Waals surface area contributed by atoms with Crippen LogP contribution in [-0.4, -0.2) is 21.9 Å². The van der Waals surface area contributed by atoms with Crippen molar-refractivity contribution in [2.24, 2.45) is 0 Å². The highest BCUT2D eigenvalue weighted by Gasteiger charge is 2.11. The summed E-state index contributed by atoms with van der Waals surface area (Å²) in [7, 11) is 0. The van der Waals surface area contributed by atoms with Crippen molar-refractivity contribution >= 4 is 52.5 Å². The first kappa shape index (κ1) is 20.0. The molecule has 138 valence electrons. The molecule has 2 rings (SSSR count). The minimum Gasteiger partial charge on any atom is -0.298 e. The molecule has 0 aromatic heterocycles. The van der Waals surface area contributed by atoms with Gasteiger partial charge < -0.3 is 0 Å². The molecule has 27 heavy (non-hydrogen) atoms. The van der Waals surface area contributed by atoms with Crippen LogP contribution in [0.15, 0.2) is 54.6 Å². The van der Waals surface area contributed by atoms with Crippen LogP contribution >= 0.6 is 23.8 Å². The summed E-state index contributed by atoms with van der Waals surface area (Å²) in [5, 5.41) is 13.5. The number of halogens is 1. The predicted octanol–water partition coefficient (Wildman–Crippen LogP) is 2.60. The van der Waals surface area contributed by atoms with E-state index in [0.717, 1.165) is 11.6 Å². The summed E-state index contributed by atoms with van der Waals surface area (Å²) in [5.74, 6) is -1.15. The molecule has 3 N–H and O–H groups in total. The Labute approximate surface area is 164 Å². The van der Waals surface area contributed by atoms with Gasteiger partial charge in [0.15, 0.2) is 5.11 Å². The first-order valence-corrected chi connectivity index (χ1v) is 8.23. The van der Waals surface area contributed by atoms with Crippen LogP contribution in [0.4, 0.5) is 5.69 Å². The van der Waals surface area contributed by atoms with E-state index in [4.69, 9.17) is 23.8 Å². The Morgan fingerprint density at radius 1 is 1.11 bits per heavy atom. The number of hydrogen-bond acceptors (Lipinski definition) is 5. The summed E-state index contributed by atoms with van der Waals surface area (Å²) in [6.45, 7) is 0. The predicted molar refractivity (Wildman–Crippen MR) is 105 cm³/mol. The average Bonchev–Trinajstić information content (AvgIpc) is 2.65. The number of nitro benzene ring substituents is 1.